The van der Waals surface area contributed by atoms with Gasteiger partial charge in [-0.25, -0.2) is 0 Å². The molecule has 3 fully saturated rings. The number of hydrogen-bond donors (Lipinski definition) is 0. The van der Waals surface area contributed by atoms with Gasteiger partial charge in [0, 0.05) is 0 Å². The van der Waals surface area contributed by atoms with E-state index in [2.05, 4.69) is 4.90 Å². The van der Waals surface area contributed by atoms with Gasteiger partial charge in [-0.05, 0) is 0 Å². The molecule has 2 N–H and O–H groups in total. The summed E-state index contributed by atoms with van der Waals surface area (Å²) in [5.74, 6) is -1.16. The second-order valence-electron chi connectivity index (χ2n) is 5.62. The molecule has 26 heavy (non-hydrogen) atoms. The van der Waals surface area contributed by atoms with E-state index in [1.807, 2.05) is 0 Å². The minimum Gasteiger partial charge on any atom is -0.412 e. The van der Waals surface area contributed by atoms with Gasteiger partial charge in [0.25, 0.3) is 0 Å². The number of nitrogens with zero attached hydrogens (tertiary/aromatic N) is 1. The number of benzene rings is 1. The molecule has 1 unspecified atom stereocenters. The molecule has 0 aliphatic carbocycles. The fourth-order valence-corrected chi connectivity index (χ4v) is 5.08. The number of esters is 2. The fraction of sp³-hybridized carbons (Fsp3) is 0.500. The van der Waals surface area contributed by atoms with Crippen molar-refractivity contribution >= 4 is 27.3 Å². The molecule has 3 aliphatic heterocycles. The smallest absolute Gasteiger partial charge is 0.412 e. The largest absolute Gasteiger partial charge is 0.412 e. The Morgan fingerprint density at radius 1 is 1.15 bits per heavy atom. The van der Waals surface area contributed by atoms with Gasteiger partial charge < -0.3 is 5.48 Å². The summed E-state index contributed by atoms with van der Waals surface area (Å²) in [5.41, 5.74) is 0.352. The van der Waals surface area contributed by atoms with Crippen LogP contribution in [0.25, 0.3) is 0 Å². The molecule has 9 nitrogen and oxygen atoms in total. The average molecular weight is 429 g/mol. The van der Waals surface area contributed by atoms with E-state index < -0.39 is 27.3 Å². The van der Waals surface area contributed by atoms with Crippen molar-refractivity contribution in [3.05, 3.63) is 35.4 Å². The maximum atomic E-state index is 12.4. The van der Waals surface area contributed by atoms with Crippen molar-refractivity contribution < 1.29 is 35.8 Å². The normalized spacial score (nSPS) is 23.1. The van der Waals surface area contributed by atoms with Crippen molar-refractivity contribution in [2.24, 2.45) is 0 Å². The van der Waals surface area contributed by atoms with Crippen LogP contribution in [0.2, 0.25) is 0 Å². The van der Waals surface area contributed by atoms with E-state index in [1.54, 1.807) is 12.1 Å². The van der Waals surface area contributed by atoms with Crippen molar-refractivity contribution in [3.8, 4) is 0 Å². The average Bonchev–Trinajstić information content (AvgIpc) is 2.58. The van der Waals surface area contributed by atoms with Crippen LogP contribution in [0.5, 0.6) is 0 Å². The van der Waals surface area contributed by atoms with Crippen LogP contribution in [0.1, 0.15) is 20.7 Å². The molecule has 0 saturated carbocycles. The Bertz CT molecular complexity index is 604. The van der Waals surface area contributed by atoms with Gasteiger partial charge in [-0.1, -0.05) is 0 Å². The van der Waals surface area contributed by atoms with Crippen molar-refractivity contribution in [2.45, 2.75) is 6.10 Å². The van der Waals surface area contributed by atoms with Gasteiger partial charge in [0.2, 0.25) is 0 Å². The minimum absolute atomic E-state index is 0. The second-order valence-corrected chi connectivity index (χ2v) is 8.38. The van der Waals surface area contributed by atoms with E-state index in [4.69, 9.17) is 20.8 Å². The molecule has 0 aromatic heterocycles. The van der Waals surface area contributed by atoms with Gasteiger partial charge in [-0.2, -0.15) is 0 Å². The van der Waals surface area contributed by atoms with Crippen molar-refractivity contribution in [2.75, 3.05) is 46.6 Å². The molecule has 143 valence electrons. The number of ether oxygens (including phenoxy) is 2. The van der Waals surface area contributed by atoms with Crippen LogP contribution in [0.4, 0.5) is 0 Å². The molecule has 0 amide bonds. The summed E-state index contributed by atoms with van der Waals surface area (Å²) in [7, 11) is 1.27. The molecular formula is C16H22GeNO8. The first-order chi connectivity index (χ1) is 12.2. The molecule has 3 aliphatic rings. The molecule has 0 spiro atoms. The Morgan fingerprint density at radius 3 is 2.38 bits per heavy atom. The van der Waals surface area contributed by atoms with Crippen LogP contribution >= 0.6 is 0 Å². The summed E-state index contributed by atoms with van der Waals surface area (Å²) in [6, 6.07) is 6.40. The van der Waals surface area contributed by atoms with Gasteiger partial charge in [-0.3, -0.25) is 0 Å². The number of hydrogen-bond acceptors (Lipinski definition) is 8. The molecular weight excluding hydrogens is 407 g/mol. The molecule has 3 saturated heterocycles. The van der Waals surface area contributed by atoms with Crippen LogP contribution in [0.15, 0.2) is 24.3 Å². The number of carbonyl (C=O) groups excluding carboxylic acids is 2. The molecule has 4 rings (SSSR count). The second kappa shape index (κ2) is 10.00. The first-order valence-corrected chi connectivity index (χ1v) is 10.6. The van der Waals surface area contributed by atoms with E-state index in [0.717, 1.165) is 13.1 Å². The van der Waals surface area contributed by atoms with E-state index in [0.29, 0.717) is 19.8 Å². The molecule has 1 aromatic carbocycles. The standard InChI is InChI=1S/C16H20GeNO7.H2O/c1-21-15(19)13-4-2-3-5-14(13)16(20)22-11-12-10-18-6-8-23-17(25-12)24-9-7-18;/h2-5,12H,6-11H2,1H3;1H2. The van der Waals surface area contributed by atoms with Crippen LogP contribution < -0.4 is 0 Å². The molecule has 2 bridgehead atoms. The first kappa shape index (κ1) is 20.8. The van der Waals surface area contributed by atoms with E-state index in [9.17, 15) is 9.59 Å². The van der Waals surface area contributed by atoms with Crippen molar-refractivity contribution in [1.82, 2.24) is 4.90 Å². The molecule has 1 aromatic rings. The maximum Gasteiger partial charge on any atom is -0.412 e. The van der Waals surface area contributed by atoms with E-state index in [1.165, 1.54) is 19.2 Å². The predicted octanol–water partition coefficient (Wildman–Crippen LogP) is -0.462. The van der Waals surface area contributed by atoms with Gasteiger partial charge in [0.1, 0.15) is 0 Å². The summed E-state index contributed by atoms with van der Waals surface area (Å²) in [5, 5.41) is 0. The predicted molar refractivity (Wildman–Crippen MR) is 90.6 cm³/mol. The molecule has 10 heteroatoms. The van der Waals surface area contributed by atoms with Crippen LogP contribution in [0.3, 0.4) is 0 Å². The van der Waals surface area contributed by atoms with E-state index >= 15 is 0 Å². The Labute approximate surface area is 156 Å². The van der Waals surface area contributed by atoms with E-state index in [-0.39, 0.29) is 29.3 Å². The Kier molecular flexibility index (Phi) is 8.00. The third kappa shape index (κ3) is 5.25. The minimum atomic E-state index is -2.47. The zero-order chi connectivity index (χ0) is 17.6. The monoisotopic (exact) mass is 430 g/mol. The molecule has 3 heterocycles. The maximum absolute atomic E-state index is 12.4. The SMILES string of the molecule is COC(=O)c1ccccc1C(=O)OCC1CN2CC[O][Ge]([O]CC2)[O]1.O. The first-order valence-electron chi connectivity index (χ1n) is 8.03. The number of rotatable bonds is 4. The number of carbonyl (C=O) groups is 2. The summed E-state index contributed by atoms with van der Waals surface area (Å²) in [6.07, 6.45) is -0.301. The number of methoxy groups -OCH3 is 1. The Hall–Kier alpha value is -1.50. The third-order valence-electron chi connectivity index (χ3n) is 3.93. The van der Waals surface area contributed by atoms with Crippen molar-refractivity contribution in [1.29, 1.82) is 0 Å². The van der Waals surface area contributed by atoms with Gasteiger partial charge in [0.15, 0.2) is 0 Å². The summed E-state index contributed by atoms with van der Waals surface area (Å²) < 4.78 is 27.2. The van der Waals surface area contributed by atoms with Crippen molar-refractivity contribution in [3.63, 3.8) is 0 Å². The van der Waals surface area contributed by atoms with Gasteiger partial charge >= 0.3 is 151 Å². The topological polar surface area (TPSA) is 115 Å². The Morgan fingerprint density at radius 2 is 1.77 bits per heavy atom. The zero-order valence-electron chi connectivity index (χ0n) is 14.4. The Balaban J connectivity index is 0.00000243. The quantitative estimate of drug-likeness (QED) is 0.467. The van der Waals surface area contributed by atoms with Gasteiger partial charge in [0.05, 0.1) is 0 Å². The van der Waals surface area contributed by atoms with Crippen LogP contribution in [-0.4, -0.2) is 90.3 Å². The number of fused-ring (bicyclic) bond motifs is 6. The molecule has 1 atom stereocenters. The summed E-state index contributed by atoms with van der Waals surface area (Å²) >= 11 is -2.47. The zero-order valence-corrected chi connectivity index (χ0v) is 16.5. The third-order valence-corrected chi connectivity index (χ3v) is 6.88. The van der Waals surface area contributed by atoms with Crippen LogP contribution in [0, 0.1) is 0 Å². The summed E-state index contributed by atoms with van der Waals surface area (Å²) in [6.45, 7) is 3.59. The van der Waals surface area contributed by atoms with Crippen LogP contribution in [-0.2, 0) is 20.8 Å². The molecule has 1 radical (unpaired) electrons. The fourth-order valence-electron chi connectivity index (χ4n) is 2.66. The van der Waals surface area contributed by atoms with Gasteiger partial charge in [-0.15, -0.1) is 0 Å². The summed E-state index contributed by atoms with van der Waals surface area (Å²) in [4.78, 5) is 26.3.